The Bertz CT molecular complexity index is 1810. The maximum atomic E-state index is 12.8. The molecule has 51 heavy (non-hydrogen) atoms. The Morgan fingerprint density at radius 3 is 1.33 bits per heavy atom. The van der Waals surface area contributed by atoms with Gasteiger partial charge < -0.3 is 30.0 Å². The van der Waals surface area contributed by atoms with E-state index in [4.69, 9.17) is 14.2 Å². The molecule has 0 bridgehead atoms. The molecule has 2 aliphatic rings. The maximum Gasteiger partial charge on any atom is 0.407 e. The van der Waals surface area contributed by atoms with E-state index < -0.39 is 36.2 Å². The first-order valence-corrected chi connectivity index (χ1v) is 19.1. The molecule has 10 nitrogen and oxygen atoms in total. The van der Waals surface area contributed by atoms with Crippen LogP contribution in [0.2, 0.25) is 0 Å². The topological polar surface area (TPSA) is 140 Å². The van der Waals surface area contributed by atoms with Crippen LogP contribution in [0.3, 0.4) is 0 Å². The number of esters is 1. The van der Waals surface area contributed by atoms with E-state index in [2.05, 4.69) is 22.8 Å². The number of carboxylic acid groups (broad SMARTS) is 1. The summed E-state index contributed by atoms with van der Waals surface area (Å²) in [5.41, 5.74) is 8.75. The normalized spacial score (nSPS) is 13.9. The molecule has 12 heteroatoms. The Kier molecular flexibility index (Phi) is 11.8. The molecule has 0 spiro atoms. The Morgan fingerprint density at radius 1 is 0.608 bits per heavy atom. The van der Waals surface area contributed by atoms with Gasteiger partial charge in [0.15, 0.2) is 0 Å². The van der Waals surface area contributed by atoms with E-state index in [-0.39, 0.29) is 37.9 Å². The monoisotopic (exact) mass is 726 g/mol. The molecule has 2 aliphatic carbocycles. The van der Waals surface area contributed by atoms with E-state index in [9.17, 15) is 24.3 Å². The van der Waals surface area contributed by atoms with Gasteiger partial charge in [0.25, 0.3) is 0 Å². The molecule has 0 saturated carbocycles. The zero-order valence-corrected chi connectivity index (χ0v) is 29.5. The van der Waals surface area contributed by atoms with Crippen LogP contribution in [0.25, 0.3) is 22.3 Å². The number of nitrogens with one attached hydrogen (secondary N) is 2. The van der Waals surface area contributed by atoms with Crippen molar-refractivity contribution in [3.05, 3.63) is 119 Å². The highest BCUT2D eigenvalue weighted by Gasteiger charge is 2.31. The zero-order valence-electron chi connectivity index (χ0n) is 27.9. The van der Waals surface area contributed by atoms with E-state index in [1.807, 2.05) is 84.9 Å². The van der Waals surface area contributed by atoms with Crippen molar-refractivity contribution in [3.63, 3.8) is 0 Å². The van der Waals surface area contributed by atoms with Crippen molar-refractivity contribution in [3.8, 4) is 22.3 Å². The second-order valence-corrected chi connectivity index (χ2v) is 14.8. The number of carboxylic acids is 1. The number of ether oxygens (including phenoxy) is 3. The SMILES string of the molecule is COC(=O)[C@H](CCSSCC[C@H](NC(=O)OCC1c2ccccc2-c2ccccc21)C(=O)O)NC(=O)OCC1c2ccccc2-c2ccccc21. The highest BCUT2D eigenvalue weighted by Crippen LogP contribution is 2.45. The molecule has 0 aromatic heterocycles. The summed E-state index contributed by atoms with van der Waals surface area (Å²) in [5.74, 6) is -1.12. The second kappa shape index (κ2) is 16.8. The summed E-state index contributed by atoms with van der Waals surface area (Å²) < 4.78 is 16.0. The number of hydrogen-bond acceptors (Lipinski definition) is 9. The van der Waals surface area contributed by atoms with Crippen molar-refractivity contribution in [2.45, 2.75) is 36.8 Å². The molecule has 6 rings (SSSR count). The minimum atomic E-state index is -1.16. The number of aliphatic carboxylic acids is 1. The first-order chi connectivity index (χ1) is 24.9. The van der Waals surface area contributed by atoms with Gasteiger partial charge in [-0.1, -0.05) is 119 Å². The van der Waals surface area contributed by atoms with Gasteiger partial charge in [0.05, 0.1) is 7.11 Å². The molecule has 0 heterocycles. The average molecular weight is 727 g/mol. The standard InChI is InChI=1S/C39H38N2O8S2/c1-47-37(44)35(41-39(46)49-23-33-30-16-8-4-12-26(30)27-13-5-9-17-31(27)33)19-21-51-50-20-18-34(36(42)43)40-38(45)48-22-32-28-14-6-2-10-24(28)25-11-3-7-15-29(25)32/h2-17,32-35H,18-23H2,1H3,(H,40,45)(H,41,46)(H,42,43)/t34-,35-/m0/s1. The third-order valence-electron chi connectivity index (χ3n) is 9.12. The molecule has 0 saturated heterocycles. The predicted molar refractivity (Wildman–Crippen MR) is 198 cm³/mol. The largest absolute Gasteiger partial charge is 0.480 e. The first-order valence-electron chi connectivity index (χ1n) is 16.6. The first kappa shape index (κ1) is 35.9. The summed E-state index contributed by atoms with van der Waals surface area (Å²) in [4.78, 5) is 49.8. The number of benzene rings is 4. The number of amides is 2. The second-order valence-electron chi connectivity index (χ2n) is 12.1. The third-order valence-corrected chi connectivity index (χ3v) is 11.6. The Hall–Kier alpha value is -4.94. The average Bonchev–Trinajstić information content (AvgIpc) is 3.65. The molecule has 4 aromatic carbocycles. The number of hydrogen-bond donors (Lipinski definition) is 3. The van der Waals surface area contributed by atoms with Gasteiger partial charge in [-0.15, -0.1) is 0 Å². The predicted octanol–water partition coefficient (Wildman–Crippen LogP) is 7.22. The molecule has 2 amide bonds. The van der Waals surface area contributed by atoms with Crippen LogP contribution >= 0.6 is 21.6 Å². The van der Waals surface area contributed by atoms with Gasteiger partial charge in [0.2, 0.25) is 0 Å². The number of carbonyl (C=O) groups is 4. The van der Waals surface area contributed by atoms with Gasteiger partial charge in [-0.05, 0) is 57.3 Å². The van der Waals surface area contributed by atoms with E-state index in [1.54, 1.807) is 0 Å². The maximum absolute atomic E-state index is 12.8. The fourth-order valence-corrected chi connectivity index (χ4v) is 8.85. The van der Waals surface area contributed by atoms with Crippen LogP contribution in [0.15, 0.2) is 97.1 Å². The molecule has 0 unspecified atom stereocenters. The third kappa shape index (κ3) is 8.34. The van der Waals surface area contributed by atoms with Crippen LogP contribution in [0.4, 0.5) is 9.59 Å². The van der Waals surface area contributed by atoms with Crippen molar-refractivity contribution in [2.75, 3.05) is 31.8 Å². The van der Waals surface area contributed by atoms with E-state index in [0.717, 1.165) is 44.5 Å². The highest BCUT2D eigenvalue weighted by molar-refractivity contribution is 8.76. The zero-order chi connectivity index (χ0) is 35.7. The smallest absolute Gasteiger partial charge is 0.407 e. The molecule has 4 aromatic rings. The van der Waals surface area contributed by atoms with E-state index in [0.29, 0.717) is 11.5 Å². The number of fused-ring (bicyclic) bond motifs is 6. The minimum Gasteiger partial charge on any atom is -0.480 e. The van der Waals surface area contributed by atoms with Crippen molar-refractivity contribution in [1.82, 2.24) is 10.6 Å². The molecular weight excluding hydrogens is 689 g/mol. The molecule has 264 valence electrons. The molecule has 3 N–H and O–H groups in total. The van der Waals surface area contributed by atoms with Crippen LogP contribution < -0.4 is 10.6 Å². The van der Waals surface area contributed by atoms with Crippen molar-refractivity contribution < 1.29 is 38.5 Å². The van der Waals surface area contributed by atoms with Crippen LogP contribution in [0.1, 0.15) is 46.9 Å². The summed E-state index contributed by atoms with van der Waals surface area (Å²) in [6.07, 6.45) is -1.07. The molecule has 2 atom stereocenters. The fraction of sp³-hybridized carbons (Fsp3) is 0.282. The van der Waals surface area contributed by atoms with Gasteiger partial charge >= 0.3 is 24.1 Å². The van der Waals surface area contributed by atoms with Gasteiger partial charge in [-0.25, -0.2) is 19.2 Å². The lowest BCUT2D eigenvalue weighted by Gasteiger charge is -2.18. The van der Waals surface area contributed by atoms with Gasteiger partial charge in [0.1, 0.15) is 25.3 Å². The fourth-order valence-electron chi connectivity index (χ4n) is 6.66. The van der Waals surface area contributed by atoms with Crippen LogP contribution in [0, 0.1) is 0 Å². The number of alkyl carbamates (subject to hydrolysis) is 2. The van der Waals surface area contributed by atoms with Gasteiger partial charge in [-0.3, -0.25) is 0 Å². The molecule has 0 radical (unpaired) electrons. The highest BCUT2D eigenvalue weighted by atomic mass is 33.1. The van der Waals surface area contributed by atoms with E-state index in [1.165, 1.54) is 28.7 Å². The van der Waals surface area contributed by atoms with Crippen LogP contribution in [-0.2, 0) is 23.8 Å². The lowest BCUT2D eigenvalue weighted by Crippen LogP contribution is -2.42. The Labute approximate surface area is 304 Å². The quantitative estimate of drug-likeness (QED) is 0.0498. The summed E-state index contributed by atoms with van der Waals surface area (Å²) in [6.45, 7) is 0.204. The summed E-state index contributed by atoms with van der Waals surface area (Å²) in [5, 5.41) is 14.8. The molecule has 0 fully saturated rings. The van der Waals surface area contributed by atoms with Crippen molar-refractivity contribution in [2.24, 2.45) is 0 Å². The molecular formula is C39H38N2O8S2. The number of rotatable bonds is 15. The lowest BCUT2D eigenvalue weighted by molar-refractivity contribution is -0.143. The summed E-state index contributed by atoms with van der Waals surface area (Å²) in [7, 11) is 4.08. The van der Waals surface area contributed by atoms with E-state index >= 15 is 0 Å². The Morgan fingerprint density at radius 2 is 0.961 bits per heavy atom. The van der Waals surface area contributed by atoms with Crippen LogP contribution in [-0.4, -0.2) is 73.1 Å². The van der Waals surface area contributed by atoms with Crippen LogP contribution in [0.5, 0.6) is 0 Å². The lowest BCUT2D eigenvalue weighted by atomic mass is 9.98. The molecule has 0 aliphatic heterocycles. The summed E-state index contributed by atoms with van der Waals surface area (Å²) >= 11 is 0. The number of methoxy groups -OCH3 is 1. The van der Waals surface area contributed by atoms with Gasteiger partial charge in [0, 0.05) is 23.3 Å². The summed E-state index contributed by atoms with van der Waals surface area (Å²) in [6, 6.07) is 30.0. The van der Waals surface area contributed by atoms with Gasteiger partial charge in [-0.2, -0.15) is 0 Å². The number of carbonyl (C=O) groups excluding carboxylic acids is 3. The van der Waals surface area contributed by atoms with Crippen molar-refractivity contribution in [1.29, 1.82) is 0 Å². The van der Waals surface area contributed by atoms with Crippen molar-refractivity contribution >= 4 is 45.7 Å². The minimum absolute atomic E-state index is 0.0856. The Balaban J connectivity index is 0.917.